The van der Waals surface area contributed by atoms with Crippen LogP contribution in [0.15, 0.2) is 12.1 Å². The average molecular weight is 273 g/mol. The minimum atomic E-state index is -0.281. The van der Waals surface area contributed by atoms with Gasteiger partial charge in [-0.15, -0.1) is 0 Å². The molecule has 0 spiro atoms. The highest BCUT2D eigenvalue weighted by atomic mass is 16.1. The topological polar surface area (TPSA) is 20.3 Å². The number of benzene rings is 1. The molecule has 1 unspecified atom stereocenters. The summed E-state index contributed by atoms with van der Waals surface area (Å²) >= 11 is 0. The van der Waals surface area contributed by atoms with Gasteiger partial charge in [-0.2, -0.15) is 0 Å². The Labute approximate surface area is 123 Å². The maximum Gasteiger partial charge on any atom is 0.160 e. The summed E-state index contributed by atoms with van der Waals surface area (Å²) in [6.45, 7) is 13.4. The minimum absolute atomic E-state index is 0.0452. The van der Waals surface area contributed by atoms with Gasteiger partial charge in [-0.1, -0.05) is 26.8 Å². The fourth-order valence-electron chi connectivity index (χ4n) is 3.06. The zero-order chi connectivity index (χ0) is 15.1. The number of aryl methyl sites for hydroxylation is 3. The van der Waals surface area contributed by atoms with Crippen molar-refractivity contribution in [1.82, 2.24) is 0 Å². The number of hydrogen-bond acceptors (Lipinski definition) is 2. The Morgan fingerprint density at radius 2 is 1.80 bits per heavy atom. The second kappa shape index (κ2) is 5.23. The van der Waals surface area contributed by atoms with E-state index < -0.39 is 0 Å². The third-order valence-electron chi connectivity index (χ3n) is 4.44. The first-order chi connectivity index (χ1) is 9.21. The lowest BCUT2D eigenvalue weighted by Gasteiger charge is -2.38. The number of hydrogen-bond donors (Lipinski definition) is 0. The molecular formula is C18H27NO. The van der Waals surface area contributed by atoms with E-state index in [1.54, 1.807) is 0 Å². The van der Waals surface area contributed by atoms with Gasteiger partial charge in [0.05, 0.1) is 6.04 Å². The molecule has 0 aromatic heterocycles. The summed E-state index contributed by atoms with van der Waals surface area (Å²) in [6.07, 6.45) is 2.26. The molecule has 0 N–H and O–H groups in total. The van der Waals surface area contributed by atoms with Crippen molar-refractivity contribution in [2.24, 2.45) is 5.41 Å². The first-order valence-electron chi connectivity index (χ1n) is 7.63. The Kier molecular flexibility index (Phi) is 3.95. The summed E-state index contributed by atoms with van der Waals surface area (Å²) in [5, 5.41) is 0. The monoisotopic (exact) mass is 273 g/mol. The number of rotatable bonds is 2. The van der Waals surface area contributed by atoms with Crippen molar-refractivity contribution in [3.63, 3.8) is 0 Å². The maximum absolute atomic E-state index is 12.6. The molecule has 0 radical (unpaired) electrons. The molecule has 2 heteroatoms. The molecule has 110 valence electrons. The Balaban J connectivity index is 2.38. The molecule has 1 heterocycles. The highest BCUT2D eigenvalue weighted by molar-refractivity contribution is 5.91. The van der Waals surface area contributed by atoms with Gasteiger partial charge in [-0.3, -0.25) is 4.79 Å². The predicted molar refractivity (Wildman–Crippen MR) is 85.5 cm³/mol. The molecule has 0 saturated heterocycles. The molecule has 0 saturated carbocycles. The van der Waals surface area contributed by atoms with Gasteiger partial charge in [0.2, 0.25) is 0 Å². The number of anilines is 1. The van der Waals surface area contributed by atoms with Gasteiger partial charge in [-0.25, -0.2) is 0 Å². The molecule has 1 aromatic carbocycles. The highest BCUT2D eigenvalue weighted by Gasteiger charge is 2.32. The summed E-state index contributed by atoms with van der Waals surface area (Å²) in [5.74, 6) is 0.323. The Hall–Kier alpha value is -1.31. The SMILES string of the molecule is Cc1cc2c(cc1C)N(C(C)C(=O)C(C)(C)C)CCC2. The van der Waals surface area contributed by atoms with Crippen LogP contribution in [-0.2, 0) is 11.2 Å². The van der Waals surface area contributed by atoms with Crippen LogP contribution in [0.1, 0.15) is 50.8 Å². The van der Waals surface area contributed by atoms with E-state index in [9.17, 15) is 4.79 Å². The molecule has 20 heavy (non-hydrogen) atoms. The van der Waals surface area contributed by atoms with E-state index in [4.69, 9.17) is 0 Å². The van der Waals surface area contributed by atoms with Gasteiger partial charge in [0, 0.05) is 17.6 Å². The highest BCUT2D eigenvalue weighted by Crippen LogP contribution is 2.33. The van der Waals surface area contributed by atoms with Gasteiger partial charge in [-0.05, 0) is 56.4 Å². The molecule has 1 aliphatic rings. The lowest BCUT2D eigenvalue weighted by molar-refractivity contribution is -0.127. The quantitative estimate of drug-likeness (QED) is 0.810. The molecule has 0 amide bonds. The lowest BCUT2D eigenvalue weighted by Crippen LogP contribution is -2.46. The second-order valence-electron chi connectivity index (χ2n) is 7.15. The molecule has 1 aromatic rings. The van der Waals surface area contributed by atoms with Gasteiger partial charge >= 0.3 is 0 Å². The average Bonchev–Trinajstić information content (AvgIpc) is 2.36. The number of carbonyl (C=O) groups is 1. The Bertz CT molecular complexity index is 525. The van der Waals surface area contributed by atoms with Crippen molar-refractivity contribution >= 4 is 11.5 Å². The molecule has 2 rings (SSSR count). The minimum Gasteiger partial charge on any atom is -0.362 e. The standard InChI is InChI=1S/C18H27NO/c1-12-10-15-8-7-9-19(16(15)11-13(12)2)14(3)17(20)18(4,5)6/h10-11,14H,7-9H2,1-6H3. The molecule has 0 aliphatic carbocycles. The Morgan fingerprint density at radius 3 is 2.40 bits per heavy atom. The van der Waals surface area contributed by atoms with Crippen molar-refractivity contribution < 1.29 is 4.79 Å². The number of carbonyl (C=O) groups excluding carboxylic acids is 1. The van der Waals surface area contributed by atoms with E-state index in [0.29, 0.717) is 5.78 Å². The number of Topliss-reactive ketones (excluding diaryl/α,β-unsaturated/α-hetero) is 1. The summed E-state index contributed by atoms with van der Waals surface area (Å²) in [5.41, 5.74) is 5.04. The van der Waals surface area contributed by atoms with Gasteiger partial charge in [0.1, 0.15) is 0 Å². The number of nitrogens with zero attached hydrogens (tertiary/aromatic N) is 1. The maximum atomic E-state index is 12.6. The van der Waals surface area contributed by atoms with Gasteiger partial charge < -0.3 is 4.90 Å². The van der Waals surface area contributed by atoms with Crippen LogP contribution in [0, 0.1) is 19.3 Å². The van der Waals surface area contributed by atoms with Crippen molar-refractivity contribution in [2.45, 2.75) is 60.4 Å². The van der Waals surface area contributed by atoms with Gasteiger partial charge in [0.15, 0.2) is 5.78 Å². The second-order valence-corrected chi connectivity index (χ2v) is 7.15. The zero-order valence-corrected chi connectivity index (χ0v) is 13.7. The third kappa shape index (κ3) is 2.74. The van der Waals surface area contributed by atoms with Crippen LogP contribution in [0.2, 0.25) is 0 Å². The number of ketones is 1. The van der Waals surface area contributed by atoms with Crippen LogP contribution in [0.4, 0.5) is 5.69 Å². The smallest absolute Gasteiger partial charge is 0.160 e. The molecule has 1 aliphatic heterocycles. The van der Waals surface area contributed by atoms with Crippen molar-refractivity contribution in [1.29, 1.82) is 0 Å². The van der Waals surface area contributed by atoms with Crippen LogP contribution < -0.4 is 4.90 Å². The predicted octanol–water partition coefficient (Wildman–Crippen LogP) is 4.06. The third-order valence-corrected chi connectivity index (χ3v) is 4.44. The fourth-order valence-corrected chi connectivity index (χ4v) is 3.06. The van der Waals surface area contributed by atoms with Crippen LogP contribution >= 0.6 is 0 Å². The van der Waals surface area contributed by atoms with E-state index in [1.807, 2.05) is 20.8 Å². The van der Waals surface area contributed by atoms with E-state index in [2.05, 4.69) is 37.8 Å². The Morgan fingerprint density at radius 1 is 1.20 bits per heavy atom. The molecule has 0 bridgehead atoms. The fraction of sp³-hybridized carbons (Fsp3) is 0.611. The molecule has 0 fully saturated rings. The number of fused-ring (bicyclic) bond motifs is 1. The lowest BCUT2D eigenvalue weighted by atomic mass is 9.85. The van der Waals surface area contributed by atoms with Crippen LogP contribution in [0.3, 0.4) is 0 Å². The largest absolute Gasteiger partial charge is 0.362 e. The van der Waals surface area contributed by atoms with Gasteiger partial charge in [0.25, 0.3) is 0 Å². The zero-order valence-electron chi connectivity index (χ0n) is 13.7. The summed E-state index contributed by atoms with van der Waals surface area (Å²) in [6, 6.07) is 4.51. The van der Waals surface area contributed by atoms with Crippen molar-refractivity contribution in [2.75, 3.05) is 11.4 Å². The van der Waals surface area contributed by atoms with E-state index in [1.165, 1.54) is 22.4 Å². The van der Waals surface area contributed by atoms with Crippen molar-refractivity contribution in [3.8, 4) is 0 Å². The van der Waals surface area contributed by atoms with Crippen molar-refractivity contribution in [3.05, 3.63) is 28.8 Å². The molecule has 2 nitrogen and oxygen atoms in total. The molecule has 1 atom stereocenters. The normalized spacial score (nSPS) is 16.8. The van der Waals surface area contributed by atoms with Crippen LogP contribution in [0.25, 0.3) is 0 Å². The van der Waals surface area contributed by atoms with E-state index in [-0.39, 0.29) is 11.5 Å². The van der Waals surface area contributed by atoms with Crippen LogP contribution in [0.5, 0.6) is 0 Å². The summed E-state index contributed by atoms with van der Waals surface area (Å²) < 4.78 is 0. The first-order valence-corrected chi connectivity index (χ1v) is 7.63. The summed E-state index contributed by atoms with van der Waals surface area (Å²) in [4.78, 5) is 14.9. The van der Waals surface area contributed by atoms with E-state index >= 15 is 0 Å². The molecular weight excluding hydrogens is 246 g/mol. The summed E-state index contributed by atoms with van der Waals surface area (Å²) in [7, 11) is 0. The van der Waals surface area contributed by atoms with E-state index in [0.717, 1.165) is 19.4 Å². The first kappa shape index (κ1) is 15.1. The van der Waals surface area contributed by atoms with Crippen LogP contribution in [-0.4, -0.2) is 18.4 Å².